The summed E-state index contributed by atoms with van der Waals surface area (Å²) in [5.74, 6) is 8.62. The van der Waals surface area contributed by atoms with Gasteiger partial charge in [0.1, 0.15) is 123 Å². The van der Waals surface area contributed by atoms with E-state index in [0.717, 1.165) is 162 Å². The van der Waals surface area contributed by atoms with Crippen LogP contribution in [0.1, 0.15) is 61.2 Å². The number of fused-ring (bicyclic) bond motifs is 3. The van der Waals surface area contributed by atoms with E-state index in [-0.39, 0.29) is 6.61 Å². The third-order valence-corrected chi connectivity index (χ3v) is 22.1. The lowest BCUT2D eigenvalue weighted by Gasteiger charge is -2.13. The highest BCUT2D eigenvalue weighted by molar-refractivity contribution is 9.08. The van der Waals surface area contributed by atoms with Gasteiger partial charge in [-0.15, -0.1) is 34.8 Å². The van der Waals surface area contributed by atoms with Crippen molar-refractivity contribution in [2.75, 3.05) is 37.5 Å². The van der Waals surface area contributed by atoms with Crippen molar-refractivity contribution in [3.63, 3.8) is 0 Å². The molecule has 0 amide bonds. The van der Waals surface area contributed by atoms with Gasteiger partial charge >= 0.3 is 0 Å². The molecule has 15 aromatic carbocycles. The van der Waals surface area contributed by atoms with Crippen LogP contribution in [0.5, 0.6) is 51.7 Å². The van der Waals surface area contributed by atoms with E-state index in [9.17, 15) is 10.5 Å². The third-order valence-electron chi connectivity index (χ3n) is 21.0. The Bertz CT molecular complexity index is 6580. The Morgan fingerprint density at radius 3 is 1.01 bits per heavy atom. The Hall–Kier alpha value is -14.6. The highest BCUT2D eigenvalue weighted by Crippen LogP contribution is 2.39. The van der Waals surface area contributed by atoms with Crippen LogP contribution in [0.25, 0.3) is 66.5 Å². The molecule has 3 heterocycles. The first-order chi connectivity index (χ1) is 65.1. The molecule has 0 bridgehead atoms. The zero-order chi connectivity index (χ0) is 91.1. The monoisotopic (exact) mass is 1870 g/mol. The van der Waals surface area contributed by atoms with Crippen molar-refractivity contribution in [2.24, 2.45) is 0 Å². The second-order valence-electron chi connectivity index (χ2n) is 30.3. The molecule has 0 aliphatic rings. The number of alkyl halides is 4. The van der Waals surface area contributed by atoms with E-state index in [0.29, 0.717) is 101 Å². The van der Waals surface area contributed by atoms with E-state index in [1.165, 1.54) is 5.56 Å². The number of aliphatic hydroxyl groups is 1. The maximum atomic E-state index is 10.5. The molecular weight excluding hydrogens is 1770 g/mol. The smallest absolute Gasteiger partial charge is 0.120 e. The van der Waals surface area contributed by atoms with Gasteiger partial charge in [0, 0.05) is 44.8 Å². The molecule has 0 unspecified atom stereocenters. The van der Waals surface area contributed by atoms with Crippen molar-refractivity contribution in [2.45, 2.75) is 58.1 Å². The number of nitriles is 2. The van der Waals surface area contributed by atoms with Gasteiger partial charge in [-0.2, -0.15) is 10.5 Å². The SMILES string of the molecule is ClCCOc1ccc(CBr)cc1.N#Cc1c(-c2ccc(OCc3ccccc3)cc2)[nH]c2ccc(OCc3ccccc3)cc12.N#Cc1c(-c2ccc(OCc3ccccc3)cc2)n(Cc2ccc(OCCCl)cc2)c2ccc(OCc3ccccc3)cc12.OCc1ccc(OCCCl)cc1.c1ccc(COc2ccc(-c3cc4cc(OCc5ccccc5)ccc4[nH]3)cc2)cc1. The molecule has 0 fully saturated rings. The molecule has 18 aromatic rings. The maximum Gasteiger partial charge on any atom is 0.120 e. The number of halogens is 4. The summed E-state index contributed by atoms with van der Waals surface area (Å²) in [6, 6.07) is 133. The number of aromatic amines is 2. The number of rotatable bonds is 34. The molecule has 0 saturated heterocycles. The van der Waals surface area contributed by atoms with Gasteiger partial charge in [0.15, 0.2) is 0 Å². The summed E-state index contributed by atoms with van der Waals surface area (Å²) in [5, 5.41) is 32.8. The van der Waals surface area contributed by atoms with Gasteiger partial charge in [0.05, 0.1) is 52.3 Å². The standard InChI is InChI=1S/C38H31ClN2O3.C29H22N2O2.C28H23NO2.C9H10BrClO.C9H11ClO2/c39-21-22-42-32-15-11-28(12-16-32)25-41-37-20-19-34(44-27-30-9-5-2-6-10-30)23-35(37)36(24-40)38(41)31-13-17-33(18-14-31)43-26-29-7-3-1-4-8-29;30-18-27-26-17-25(33-20-22-9-5-2-6-10-22)15-16-28(26)31-29(27)23-11-13-24(14-12-23)32-19-21-7-3-1-4-8-21;1-3-7-21(8-4-1)19-30-25-13-11-23(12-14-25)28-18-24-17-26(15-16-27(24)29-28)31-20-22-9-5-2-6-10-22;10-7-8-1-3-9(4-2-8)12-6-5-11;10-5-6-12-9-3-1-8(7-11)2-4-9/h1-20,23H,21-22,25-27H2;1-17,31H,19-20H2;1-18,29H,19-20H2;1-4H,5-7H2;1-4,11H,5-7H2. The largest absolute Gasteiger partial charge is 0.492 e. The molecule has 0 saturated carbocycles. The van der Waals surface area contributed by atoms with Crippen LogP contribution < -0.4 is 42.6 Å². The fourth-order valence-electron chi connectivity index (χ4n) is 14.3. The fraction of sp³-hybridized carbons (Fsp3) is 0.133. The molecule has 15 nitrogen and oxygen atoms in total. The topological polar surface area (TPSA) is 187 Å². The number of H-pyrrole nitrogens is 2. The summed E-state index contributed by atoms with van der Waals surface area (Å²) in [4.78, 5) is 6.88. The minimum Gasteiger partial charge on any atom is -0.492 e. The molecule has 18 rings (SSSR count). The summed E-state index contributed by atoms with van der Waals surface area (Å²) >= 11 is 20.1. The first-order valence-corrected chi connectivity index (χ1v) is 45.9. The predicted octanol–water partition coefficient (Wildman–Crippen LogP) is 27.9. The van der Waals surface area contributed by atoms with E-state index in [1.54, 1.807) is 0 Å². The van der Waals surface area contributed by atoms with Crippen LogP contribution in [0.15, 0.2) is 388 Å². The molecule has 0 radical (unpaired) electrons. The summed E-state index contributed by atoms with van der Waals surface area (Å²) in [6.45, 7) is 5.23. The molecule has 0 spiro atoms. The number of nitrogens with one attached hydrogen (secondary N) is 2. The number of aromatic nitrogens is 3. The second kappa shape index (κ2) is 49.8. The fourth-order valence-corrected chi connectivity index (χ4v) is 14.9. The average Bonchev–Trinajstić information content (AvgIpc) is 1.59. The van der Waals surface area contributed by atoms with Crippen LogP contribution in [-0.4, -0.2) is 57.1 Å². The summed E-state index contributed by atoms with van der Waals surface area (Å²) in [5.41, 5.74) is 19.8. The third kappa shape index (κ3) is 27.5. The quantitative estimate of drug-likeness (QED) is 0.0324. The van der Waals surface area contributed by atoms with Gasteiger partial charge < -0.3 is 62.3 Å². The van der Waals surface area contributed by atoms with Gasteiger partial charge in [0.25, 0.3) is 0 Å². The lowest BCUT2D eigenvalue weighted by molar-refractivity contribution is 0.281. The minimum atomic E-state index is 0.0653. The van der Waals surface area contributed by atoms with Gasteiger partial charge in [-0.3, -0.25) is 0 Å². The number of hydrogen-bond donors (Lipinski definition) is 3. The molecule has 0 aliphatic heterocycles. The van der Waals surface area contributed by atoms with E-state index in [2.05, 4.69) is 97.2 Å². The lowest BCUT2D eigenvalue weighted by atomic mass is 10.1. The molecule has 0 atom stereocenters. The van der Waals surface area contributed by atoms with Crippen LogP contribution in [0, 0.1) is 22.7 Å². The molecular formula is C113H97BrCl3N5O10. The van der Waals surface area contributed by atoms with Crippen LogP contribution >= 0.6 is 50.7 Å². The first-order valence-electron chi connectivity index (χ1n) is 43.1. The summed E-state index contributed by atoms with van der Waals surface area (Å²) in [7, 11) is 0. The highest BCUT2D eigenvalue weighted by Gasteiger charge is 2.22. The molecule has 3 N–H and O–H groups in total. The van der Waals surface area contributed by atoms with Crippen molar-refractivity contribution in [3.05, 3.63) is 449 Å². The summed E-state index contributed by atoms with van der Waals surface area (Å²) in [6.07, 6.45) is 0. The van der Waals surface area contributed by atoms with Crippen LogP contribution in [0.3, 0.4) is 0 Å². The van der Waals surface area contributed by atoms with E-state index in [1.807, 2.05) is 334 Å². The van der Waals surface area contributed by atoms with Crippen molar-refractivity contribution >= 4 is 83.4 Å². The van der Waals surface area contributed by atoms with Gasteiger partial charge in [0.2, 0.25) is 0 Å². The molecule has 0 aliphatic carbocycles. The Balaban J connectivity index is 0.000000143. The van der Waals surface area contributed by atoms with Crippen molar-refractivity contribution in [1.29, 1.82) is 10.5 Å². The predicted molar refractivity (Wildman–Crippen MR) is 535 cm³/mol. The molecule has 132 heavy (non-hydrogen) atoms. The second-order valence-corrected chi connectivity index (χ2v) is 32.0. The Kier molecular flexibility index (Phi) is 35.3. The van der Waals surface area contributed by atoms with Crippen LogP contribution in [0.2, 0.25) is 0 Å². The highest BCUT2D eigenvalue weighted by atomic mass is 79.9. The van der Waals surface area contributed by atoms with Crippen molar-refractivity contribution in [1.82, 2.24) is 14.5 Å². The maximum absolute atomic E-state index is 10.5. The number of ether oxygens (including phenoxy) is 9. The Morgan fingerprint density at radius 2 is 0.621 bits per heavy atom. The Labute approximate surface area is 793 Å². The first kappa shape index (κ1) is 93.6. The average molecular weight is 1870 g/mol. The van der Waals surface area contributed by atoms with Crippen molar-refractivity contribution < 1.29 is 47.7 Å². The molecule has 3 aromatic heterocycles. The molecule has 19 heteroatoms. The van der Waals surface area contributed by atoms with Crippen LogP contribution in [-0.2, 0) is 58.1 Å². The number of hydrogen-bond acceptors (Lipinski definition) is 12. The summed E-state index contributed by atoms with van der Waals surface area (Å²) < 4.78 is 54.3. The van der Waals surface area contributed by atoms with Crippen molar-refractivity contribution in [3.8, 4) is 97.7 Å². The molecule has 662 valence electrons. The lowest BCUT2D eigenvalue weighted by Crippen LogP contribution is -2.03. The normalized spacial score (nSPS) is 10.6. The zero-order valence-electron chi connectivity index (χ0n) is 72.5. The Morgan fingerprint density at radius 1 is 0.295 bits per heavy atom. The number of aliphatic hydroxyl groups excluding tert-OH is 1. The number of nitrogens with zero attached hydrogens (tertiary/aromatic N) is 3. The van der Waals surface area contributed by atoms with E-state index < -0.39 is 0 Å². The number of benzene rings is 15. The van der Waals surface area contributed by atoms with Gasteiger partial charge in [-0.25, -0.2) is 0 Å². The minimum absolute atomic E-state index is 0.0653. The van der Waals surface area contributed by atoms with E-state index in [4.69, 9.17) is 82.5 Å². The zero-order valence-corrected chi connectivity index (χ0v) is 76.4. The van der Waals surface area contributed by atoms with Crippen LogP contribution in [0.4, 0.5) is 0 Å². The van der Waals surface area contributed by atoms with E-state index >= 15 is 0 Å². The van der Waals surface area contributed by atoms with Gasteiger partial charge in [-0.05, 0) is 237 Å². The van der Waals surface area contributed by atoms with Gasteiger partial charge in [-0.1, -0.05) is 234 Å².